The van der Waals surface area contributed by atoms with Gasteiger partial charge >= 0.3 is 0 Å². The number of hydrogen-bond acceptors (Lipinski definition) is 1. The quantitative estimate of drug-likeness (QED) is 0.693. The van der Waals surface area contributed by atoms with E-state index in [0.29, 0.717) is 11.8 Å². The number of benzene rings is 1. The Bertz CT molecular complexity index is 460. The summed E-state index contributed by atoms with van der Waals surface area (Å²) >= 11 is 0. The minimum atomic E-state index is 0.0741. The molecule has 1 aromatic carbocycles. The van der Waals surface area contributed by atoms with E-state index in [1.807, 2.05) is 0 Å². The van der Waals surface area contributed by atoms with Gasteiger partial charge in [-0.25, -0.2) is 0 Å². The third-order valence-corrected chi connectivity index (χ3v) is 4.83. The van der Waals surface area contributed by atoms with E-state index >= 15 is 0 Å². The lowest BCUT2D eigenvalue weighted by molar-refractivity contribution is -0.0707. The average Bonchev–Trinajstić information content (AvgIpc) is 2.72. The predicted octanol–water partition coefficient (Wildman–Crippen LogP) is 4.51. The molecule has 0 unspecified atom stereocenters. The maximum absolute atomic E-state index is 6.54. The van der Waals surface area contributed by atoms with Crippen LogP contribution in [0.5, 0.6) is 0 Å². The molecule has 1 heterocycles. The van der Waals surface area contributed by atoms with Gasteiger partial charge in [-0.05, 0) is 31.2 Å². The molecule has 1 saturated heterocycles. The standard InChI is InChI=1S/C17H22O/c1-12(2)17-10-9-13(3)15(11-17)16(18-17)14-7-5-4-6-8-14/h4-9,12,15-16H,10-11H2,1-3H3/t15-,16+,17-/m1/s1. The van der Waals surface area contributed by atoms with Crippen molar-refractivity contribution in [3.63, 3.8) is 0 Å². The maximum Gasteiger partial charge on any atom is 0.0898 e. The molecule has 0 spiro atoms. The van der Waals surface area contributed by atoms with Gasteiger partial charge < -0.3 is 4.74 Å². The summed E-state index contributed by atoms with van der Waals surface area (Å²) in [5.74, 6) is 1.15. The molecule has 1 fully saturated rings. The zero-order valence-corrected chi connectivity index (χ0v) is 11.5. The largest absolute Gasteiger partial charge is 0.366 e. The highest BCUT2D eigenvalue weighted by molar-refractivity contribution is 5.27. The molecule has 0 saturated carbocycles. The molecule has 1 aliphatic carbocycles. The maximum atomic E-state index is 6.54. The van der Waals surface area contributed by atoms with Gasteiger partial charge in [-0.15, -0.1) is 0 Å². The zero-order chi connectivity index (χ0) is 12.8. The van der Waals surface area contributed by atoms with Crippen molar-refractivity contribution in [2.24, 2.45) is 11.8 Å². The van der Waals surface area contributed by atoms with Crippen LogP contribution in [0.4, 0.5) is 0 Å². The highest BCUT2D eigenvalue weighted by Gasteiger charge is 2.50. The lowest BCUT2D eigenvalue weighted by atomic mass is 9.74. The molecule has 1 aliphatic heterocycles. The van der Waals surface area contributed by atoms with E-state index in [4.69, 9.17) is 4.74 Å². The first-order valence-electron chi connectivity index (χ1n) is 7.02. The van der Waals surface area contributed by atoms with E-state index in [1.54, 1.807) is 0 Å². The molecule has 0 N–H and O–H groups in total. The van der Waals surface area contributed by atoms with Crippen molar-refractivity contribution in [2.75, 3.05) is 0 Å². The number of hydrogen-bond donors (Lipinski definition) is 0. The van der Waals surface area contributed by atoms with Crippen LogP contribution in [0.15, 0.2) is 42.0 Å². The van der Waals surface area contributed by atoms with Gasteiger partial charge in [0.05, 0.1) is 11.7 Å². The third-order valence-electron chi connectivity index (χ3n) is 4.83. The summed E-state index contributed by atoms with van der Waals surface area (Å²) in [5.41, 5.74) is 2.92. The molecule has 2 aliphatic rings. The third kappa shape index (κ3) is 1.73. The van der Waals surface area contributed by atoms with Crippen LogP contribution in [0.3, 0.4) is 0 Å². The van der Waals surface area contributed by atoms with Crippen molar-refractivity contribution in [1.82, 2.24) is 0 Å². The Kier molecular flexibility index (Phi) is 2.82. The van der Waals surface area contributed by atoms with Gasteiger partial charge in [0.25, 0.3) is 0 Å². The summed E-state index contributed by atoms with van der Waals surface area (Å²) in [6.07, 6.45) is 4.92. The van der Waals surface area contributed by atoms with Crippen molar-refractivity contribution in [3.05, 3.63) is 47.5 Å². The number of ether oxygens (including phenoxy) is 1. The van der Waals surface area contributed by atoms with Crippen LogP contribution in [-0.2, 0) is 4.74 Å². The van der Waals surface area contributed by atoms with Crippen LogP contribution < -0.4 is 0 Å². The summed E-state index contributed by atoms with van der Waals surface area (Å²) in [4.78, 5) is 0. The molecular weight excluding hydrogens is 220 g/mol. The van der Waals surface area contributed by atoms with Crippen molar-refractivity contribution in [1.29, 1.82) is 0 Å². The second-order valence-electron chi connectivity index (χ2n) is 6.13. The lowest BCUT2D eigenvalue weighted by Gasteiger charge is -2.34. The first-order chi connectivity index (χ1) is 8.62. The average molecular weight is 242 g/mol. The molecule has 1 aromatic rings. The van der Waals surface area contributed by atoms with Crippen LogP contribution in [0.1, 0.15) is 45.3 Å². The van der Waals surface area contributed by atoms with Crippen LogP contribution in [0.25, 0.3) is 0 Å². The van der Waals surface area contributed by atoms with Gasteiger partial charge in [-0.3, -0.25) is 0 Å². The van der Waals surface area contributed by atoms with Gasteiger partial charge in [0, 0.05) is 5.92 Å². The smallest absolute Gasteiger partial charge is 0.0898 e. The van der Waals surface area contributed by atoms with Gasteiger partial charge in [-0.2, -0.15) is 0 Å². The molecule has 3 rings (SSSR count). The highest BCUT2D eigenvalue weighted by atomic mass is 16.5. The molecule has 2 bridgehead atoms. The molecule has 18 heavy (non-hydrogen) atoms. The van der Waals surface area contributed by atoms with Gasteiger partial charge in [0.1, 0.15) is 0 Å². The van der Waals surface area contributed by atoms with E-state index in [9.17, 15) is 0 Å². The van der Waals surface area contributed by atoms with Crippen LogP contribution in [-0.4, -0.2) is 5.60 Å². The Balaban J connectivity index is 1.97. The molecule has 0 aromatic heterocycles. The Morgan fingerprint density at radius 2 is 1.94 bits per heavy atom. The fourth-order valence-electron chi connectivity index (χ4n) is 3.43. The minimum Gasteiger partial charge on any atom is -0.366 e. The molecule has 1 nitrogen and oxygen atoms in total. The Morgan fingerprint density at radius 1 is 1.22 bits per heavy atom. The van der Waals surface area contributed by atoms with E-state index in [0.717, 1.165) is 6.42 Å². The number of fused-ring (bicyclic) bond motifs is 2. The van der Waals surface area contributed by atoms with E-state index in [-0.39, 0.29) is 11.7 Å². The van der Waals surface area contributed by atoms with Crippen LogP contribution in [0, 0.1) is 11.8 Å². The summed E-state index contributed by atoms with van der Waals surface area (Å²) in [6, 6.07) is 10.7. The molecule has 1 heteroatoms. The summed E-state index contributed by atoms with van der Waals surface area (Å²) < 4.78 is 6.54. The van der Waals surface area contributed by atoms with Gasteiger partial charge in [0.15, 0.2) is 0 Å². The minimum absolute atomic E-state index is 0.0741. The Labute approximate surface area is 110 Å². The lowest BCUT2D eigenvalue weighted by Crippen LogP contribution is -2.35. The molecule has 0 amide bonds. The van der Waals surface area contributed by atoms with Crippen molar-refractivity contribution >= 4 is 0 Å². The first kappa shape index (κ1) is 12.0. The van der Waals surface area contributed by atoms with Crippen LogP contribution >= 0.6 is 0 Å². The predicted molar refractivity (Wildman–Crippen MR) is 74.3 cm³/mol. The Hall–Kier alpha value is -1.08. The number of rotatable bonds is 2. The summed E-state index contributed by atoms with van der Waals surface area (Å²) in [7, 11) is 0. The second-order valence-corrected chi connectivity index (χ2v) is 6.13. The van der Waals surface area contributed by atoms with E-state index < -0.39 is 0 Å². The van der Waals surface area contributed by atoms with Gasteiger partial charge in [-0.1, -0.05) is 55.8 Å². The van der Waals surface area contributed by atoms with Crippen molar-refractivity contribution in [3.8, 4) is 0 Å². The molecule has 96 valence electrons. The SMILES string of the molecule is CC1=CC[C@]2(C(C)C)C[C@H]1[C@H](c1ccccc1)O2. The molecular formula is C17H22O. The van der Waals surface area contributed by atoms with Crippen molar-refractivity contribution in [2.45, 2.75) is 45.3 Å². The van der Waals surface area contributed by atoms with Crippen LogP contribution in [0.2, 0.25) is 0 Å². The molecule has 0 radical (unpaired) electrons. The van der Waals surface area contributed by atoms with E-state index in [2.05, 4.69) is 57.2 Å². The van der Waals surface area contributed by atoms with Gasteiger partial charge in [0.2, 0.25) is 0 Å². The fourth-order valence-corrected chi connectivity index (χ4v) is 3.43. The topological polar surface area (TPSA) is 9.23 Å². The van der Waals surface area contributed by atoms with E-state index in [1.165, 1.54) is 17.6 Å². The highest BCUT2D eigenvalue weighted by Crippen LogP contribution is 2.54. The van der Waals surface area contributed by atoms with Crippen molar-refractivity contribution < 1.29 is 4.74 Å². The Morgan fingerprint density at radius 3 is 2.61 bits per heavy atom. The monoisotopic (exact) mass is 242 g/mol. The fraction of sp³-hybridized carbons (Fsp3) is 0.529. The first-order valence-corrected chi connectivity index (χ1v) is 7.02. The second kappa shape index (κ2) is 4.24. The normalized spacial score (nSPS) is 34.8. The summed E-state index contributed by atoms with van der Waals surface area (Å²) in [6.45, 7) is 6.84. The summed E-state index contributed by atoms with van der Waals surface area (Å²) in [5, 5.41) is 0. The zero-order valence-electron chi connectivity index (χ0n) is 11.5. The molecule has 3 atom stereocenters.